The first kappa shape index (κ1) is 13.9. The molecule has 0 amide bonds. The quantitative estimate of drug-likeness (QED) is 0.871. The van der Waals surface area contributed by atoms with E-state index in [1.165, 1.54) is 44.1 Å². The summed E-state index contributed by atoms with van der Waals surface area (Å²) in [6.45, 7) is 2.38. The minimum atomic E-state index is 0.680. The minimum Gasteiger partial charge on any atom is -0.496 e. The predicted octanol–water partition coefficient (Wildman–Crippen LogP) is 4.11. The topological polar surface area (TPSA) is 21.3 Å². The van der Waals surface area contributed by atoms with Crippen LogP contribution in [-0.4, -0.2) is 19.2 Å². The van der Waals surface area contributed by atoms with Gasteiger partial charge in [-0.15, -0.1) is 0 Å². The van der Waals surface area contributed by atoms with Crippen LogP contribution in [0.15, 0.2) is 24.3 Å². The molecule has 0 radical (unpaired) electrons. The summed E-state index contributed by atoms with van der Waals surface area (Å²) in [5.41, 5.74) is 1.39. The predicted molar refractivity (Wildman–Crippen MR) is 83.3 cm³/mol. The molecule has 1 N–H and O–H groups in total. The third-order valence-corrected chi connectivity index (χ3v) is 5.32. The second-order valence-corrected chi connectivity index (χ2v) is 6.61. The zero-order valence-corrected chi connectivity index (χ0v) is 12.8. The number of para-hydroxylation sites is 1. The molecule has 1 aromatic rings. The molecule has 1 aromatic carbocycles. The van der Waals surface area contributed by atoms with Crippen LogP contribution in [0.4, 0.5) is 0 Å². The number of hydrogen-bond donors (Lipinski definition) is 1. The minimum absolute atomic E-state index is 0.680. The van der Waals surface area contributed by atoms with Crippen molar-refractivity contribution in [2.45, 2.75) is 63.5 Å². The Labute approximate surface area is 122 Å². The second kappa shape index (κ2) is 6.17. The third kappa shape index (κ3) is 2.85. The molecule has 0 saturated heterocycles. The number of benzene rings is 1. The van der Waals surface area contributed by atoms with Crippen LogP contribution in [0.25, 0.3) is 0 Å². The van der Waals surface area contributed by atoms with Gasteiger partial charge < -0.3 is 10.1 Å². The lowest BCUT2D eigenvalue weighted by molar-refractivity contribution is 0.235. The Morgan fingerprint density at radius 3 is 2.55 bits per heavy atom. The molecule has 2 aliphatic rings. The molecule has 3 rings (SSSR count). The first-order chi connectivity index (χ1) is 9.78. The first-order valence-electron chi connectivity index (χ1n) is 8.17. The van der Waals surface area contributed by atoms with Gasteiger partial charge in [-0.2, -0.15) is 0 Å². The Hall–Kier alpha value is -1.02. The van der Waals surface area contributed by atoms with Crippen LogP contribution < -0.4 is 10.1 Å². The SMILES string of the molecule is COc1ccccc1C1CC(N[C@@H](C)C2CCCC2)C1. The largest absolute Gasteiger partial charge is 0.496 e. The molecule has 0 spiro atoms. The molecule has 2 nitrogen and oxygen atoms in total. The fourth-order valence-corrected chi connectivity index (χ4v) is 3.98. The van der Waals surface area contributed by atoms with Crippen LogP contribution in [0.5, 0.6) is 5.75 Å². The summed E-state index contributed by atoms with van der Waals surface area (Å²) in [4.78, 5) is 0. The molecule has 2 fully saturated rings. The maximum Gasteiger partial charge on any atom is 0.122 e. The normalized spacial score (nSPS) is 28.1. The molecule has 2 heteroatoms. The Balaban J connectivity index is 1.51. The van der Waals surface area contributed by atoms with E-state index < -0.39 is 0 Å². The molecule has 20 heavy (non-hydrogen) atoms. The van der Waals surface area contributed by atoms with Gasteiger partial charge >= 0.3 is 0 Å². The van der Waals surface area contributed by atoms with Crippen molar-refractivity contribution in [3.05, 3.63) is 29.8 Å². The lowest BCUT2D eigenvalue weighted by atomic mass is 9.75. The van der Waals surface area contributed by atoms with Gasteiger partial charge in [-0.1, -0.05) is 31.0 Å². The molecule has 110 valence electrons. The highest BCUT2D eigenvalue weighted by Gasteiger charge is 2.34. The van der Waals surface area contributed by atoms with E-state index in [0.29, 0.717) is 18.0 Å². The van der Waals surface area contributed by atoms with Crippen molar-refractivity contribution >= 4 is 0 Å². The first-order valence-corrected chi connectivity index (χ1v) is 8.17. The molecule has 0 aromatic heterocycles. The van der Waals surface area contributed by atoms with Crippen molar-refractivity contribution < 1.29 is 4.74 Å². The van der Waals surface area contributed by atoms with E-state index in [1.807, 2.05) is 0 Å². The van der Waals surface area contributed by atoms with Gasteiger partial charge in [0.05, 0.1) is 7.11 Å². The van der Waals surface area contributed by atoms with Gasteiger partial charge in [0, 0.05) is 12.1 Å². The van der Waals surface area contributed by atoms with Gasteiger partial charge in [-0.25, -0.2) is 0 Å². The molecule has 0 aliphatic heterocycles. The summed E-state index contributed by atoms with van der Waals surface area (Å²) < 4.78 is 5.48. The molecule has 0 heterocycles. The lowest BCUT2D eigenvalue weighted by Crippen LogP contribution is -2.46. The summed E-state index contributed by atoms with van der Waals surface area (Å²) in [5, 5.41) is 3.85. The average molecular weight is 273 g/mol. The fourth-order valence-electron chi connectivity index (χ4n) is 3.98. The molecular weight excluding hydrogens is 246 g/mol. The van der Waals surface area contributed by atoms with Crippen LogP contribution in [0.1, 0.15) is 56.9 Å². The molecule has 0 unspecified atom stereocenters. The smallest absolute Gasteiger partial charge is 0.122 e. The van der Waals surface area contributed by atoms with Gasteiger partial charge in [0.2, 0.25) is 0 Å². The molecule has 2 aliphatic carbocycles. The fraction of sp³-hybridized carbons (Fsp3) is 0.667. The number of hydrogen-bond acceptors (Lipinski definition) is 2. The Bertz CT molecular complexity index is 433. The van der Waals surface area contributed by atoms with Crippen molar-refractivity contribution in [2.24, 2.45) is 5.92 Å². The van der Waals surface area contributed by atoms with Crippen LogP contribution in [-0.2, 0) is 0 Å². The monoisotopic (exact) mass is 273 g/mol. The highest BCUT2D eigenvalue weighted by molar-refractivity contribution is 5.37. The Morgan fingerprint density at radius 2 is 1.85 bits per heavy atom. The number of ether oxygens (including phenoxy) is 1. The maximum absolute atomic E-state index is 5.48. The van der Waals surface area contributed by atoms with Crippen molar-refractivity contribution in [3.8, 4) is 5.75 Å². The van der Waals surface area contributed by atoms with E-state index >= 15 is 0 Å². The Kier molecular flexibility index (Phi) is 4.30. The van der Waals surface area contributed by atoms with E-state index in [0.717, 1.165) is 11.7 Å². The zero-order chi connectivity index (χ0) is 13.9. The van der Waals surface area contributed by atoms with Gasteiger partial charge in [0.15, 0.2) is 0 Å². The van der Waals surface area contributed by atoms with Crippen molar-refractivity contribution in [1.82, 2.24) is 5.32 Å². The average Bonchev–Trinajstić information content (AvgIpc) is 2.96. The van der Waals surface area contributed by atoms with Gasteiger partial charge in [0.1, 0.15) is 5.75 Å². The summed E-state index contributed by atoms with van der Waals surface area (Å²) >= 11 is 0. The van der Waals surface area contributed by atoms with E-state index in [4.69, 9.17) is 4.74 Å². The van der Waals surface area contributed by atoms with Crippen LogP contribution >= 0.6 is 0 Å². The van der Waals surface area contributed by atoms with Crippen LogP contribution in [0.3, 0.4) is 0 Å². The molecule has 0 bridgehead atoms. The second-order valence-electron chi connectivity index (χ2n) is 6.61. The van der Waals surface area contributed by atoms with E-state index in [1.54, 1.807) is 7.11 Å². The molecule has 2 saturated carbocycles. The highest BCUT2D eigenvalue weighted by Crippen LogP contribution is 2.41. The van der Waals surface area contributed by atoms with Crippen molar-refractivity contribution in [1.29, 1.82) is 0 Å². The zero-order valence-electron chi connectivity index (χ0n) is 12.8. The van der Waals surface area contributed by atoms with Crippen LogP contribution in [0.2, 0.25) is 0 Å². The summed E-state index contributed by atoms with van der Waals surface area (Å²) in [6.07, 6.45) is 8.25. The van der Waals surface area contributed by atoms with E-state index in [2.05, 4.69) is 36.5 Å². The van der Waals surface area contributed by atoms with E-state index in [9.17, 15) is 0 Å². The maximum atomic E-state index is 5.48. The number of nitrogens with one attached hydrogen (secondary N) is 1. The summed E-state index contributed by atoms with van der Waals surface area (Å²) in [6, 6.07) is 9.89. The highest BCUT2D eigenvalue weighted by atomic mass is 16.5. The summed E-state index contributed by atoms with van der Waals surface area (Å²) in [5.74, 6) is 2.65. The van der Waals surface area contributed by atoms with Gasteiger partial charge in [-0.3, -0.25) is 0 Å². The molecular formula is C18H27NO. The van der Waals surface area contributed by atoms with Gasteiger partial charge in [0.25, 0.3) is 0 Å². The number of methoxy groups -OCH3 is 1. The van der Waals surface area contributed by atoms with E-state index in [-0.39, 0.29) is 0 Å². The number of rotatable bonds is 5. The van der Waals surface area contributed by atoms with Crippen molar-refractivity contribution in [2.75, 3.05) is 7.11 Å². The lowest BCUT2D eigenvalue weighted by Gasteiger charge is -2.39. The van der Waals surface area contributed by atoms with Crippen LogP contribution in [0, 0.1) is 5.92 Å². The molecule has 1 atom stereocenters. The van der Waals surface area contributed by atoms with Crippen molar-refractivity contribution in [3.63, 3.8) is 0 Å². The Morgan fingerprint density at radius 1 is 1.15 bits per heavy atom. The standard InChI is InChI=1S/C18H27NO/c1-13(14-7-3-4-8-14)19-16-11-15(12-16)17-9-5-6-10-18(17)20-2/h5-6,9-10,13-16,19H,3-4,7-8,11-12H2,1-2H3/t13-,15?,16?/m0/s1. The summed E-state index contributed by atoms with van der Waals surface area (Å²) in [7, 11) is 1.77. The third-order valence-electron chi connectivity index (χ3n) is 5.32. The van der Waals surface area contributed by atoms with Gasteiger partial charge in [-0.05, 0) is 56.1 Å².